The lowest BCUT2D eigenvalue weighted by Crippen LogP contribution is -2.52. The van der Waals surface area contributed by atoms with Crippen molar-refractivity contribution in [2.45, 2.75) is 39.7 Å². The van der Waals surface area contributed by atoms with E-state index < -0.39 is 0 Å². The minimum Gasteiger partial charge on any atom is -0.493 e. The van der Waals surface area contributed by atoms with Crippen molar-refractivity contribution in [2.24, 2.45) is 5.41 Å². The van der Waals surface area contributed by atoms with Crippen molar-refractivity contribution >= 4 is 17.5 Å². The van der Waals surface area contributed by atoms with Crippen LogP contribution in [0.1, 0.15) is 36.4 Å². The smallest absolute Gasteiger partial charge is 0.223 e. The molecule has 180 valence electrons. The molecule has 2 fully saturated rings. The number of nitrogens with zero attached hydrogens (tertiary/aromatic N) is 4. The summed E-state index contributed by atoms with van der Waals surface area (Å²) >= 11 is 6.19. The summed E-state index contributed by atoms with van der Waals surface area (Å²) in [6, 6.07) is 5.75. The van der Waals surface area contributed by atoms with Crippen LogP contribution in [-0.4, -0.2) is 78.5 Å². The number of aromatic nitrogens is 1. The van der Waals surface area contributed by atoms with Gasteiger partial charge in [-0.05, 0) is 57.1 Å². The van der Waals surface area contributed by atoms with Crippen LogP contribution in [0.25, 0.3) is 0 Å². The van der Waals surface area contributed by atoms with Crippen LogP contribution in [0.2, 0.25) is 5.02 Å². The van der Waals surface area contributed by atoms with E-state index in [-0.39, 0.29) is 11.3 Å². The van der Waals surface area contributed by atoms with Gasteiger partial charge in [-0.15, -0.1) is 0 Å². The monoisotopic (exact) mass is 474 g/mol. The molecule has 33 heavy (non-hydrogen) atoms. The van der Waals surface area contributed by atoms with Gasteiger partial charge in [0.2, 0.25) is 5.91 Å². The molecule has 3 heterocycles. The number of rotatable bonds is 7. The van der Waals surface area contributed by atoms with E-state index in [9.17, 15) is 4.79 Å². The molecule has 2 saturated heterocycles. The molecular formula is C25H35ClN4O3. The summed E-state index contributed by atoms with van der Waals surface area (Å²) in [5.74, 6) is 1.71. The highest BCUT2D eigenvalue weighted by Gasteiger charge is 2.40. The van der Waals surface area contributed by atoms with Crippen LogP contribution >= 0.6 is 11.6 Å². The summed E-state index contributed by atoms with van der Waals surface area (Å²) in [5.41, 5.74) is 1.68. The Labute approximate surface area is 201 Å². The van der Waals surface area contributed by atoms with Gasteiger partial charge in [0, 0.05) is 63.1 Å². The number of likely N-dealkylation sites (N-methyl/N-ethyl adjacent to an activating group) is 1. The van der Waals surface area contributed by atoms with Crippen molar-refractivity contribution in [3.63, 3.8) is 0 Å². The molecule has 0 spiro atoms. The Morgan fingerprint density at radius 3 is 2.70 bits per heavy atom. The number of halogens is 1. The lowest BCUT2D eigenvalue weighted by molar-refractivity contribution is -0.137. The number of piperazine rings is 1. The third-order valence-electron chi connectivity index (χ3n) is 6.85. The van der Waals surface area contributed by atoms with Crippen LogP contribution in [0.15, 0.2) is 28.9 Å². The first-order valence-electron chi connectivity index (χ1n) is 11.8. The second-order valence-corrected chi connectivity index (χ2v) is 10.1. The molecule has 0 N–H and O–H groups in total. The molecule has 1 amide bonds. The highest BCUT2D eigenvalue weighted by atomic mass is 35.5. The lowest BCUT2D eigenvalue weighted by atomic mass is 9.77. The van der Waals surface area contributed by atoms with E-state index in [2.05, 4.69) is 21.8 Å². The average Bonchev–Trinajstić information content (AvgIpc) is 3.19. The van der Waals surface area contributed by atoms with Gasteiger partial charge in [-0.2, -0.15) is 0 Å². The molecule has 1 atom stereocenters. The number of ether oxygens (including phenoxy) is 1. The average molecular weight is 475 g/mol. The van der Waals surface area contributed by atoms with Crippen LogP contribution in [0.5, 0.6) is 5.75 Å². The molecule has 0 aliphatic carbocycles. The Bertz CT molecular complexity index is 957. The summed E-state index contributed by atoms with van der Waals surface area (Å²) in [6.45, 7) is 10.3. The van der Waals surface area contributed by atoms with Crippen LogP contribution in [0, 0.1) is 19.3 Å². The van der Waals surface area contributed by atoms with Gasteiger partial charge in [-0.25, -0.2) is 4.98 Å². The summed E-state index contributed by atoms with van der Waals surface area (Å²) in [7, 11) is 2.11. The number of amides is 1. The van der Waals surface area contributed by atoms with Gasteiger partial charge in [0.15, 0.2) is 5.89 Å². The largest absolute Gasteiger partial charge is 0.493 e. The molecule has 1 aromatic carbocycles. The zero-order valence-electron chi connectivity index (χ0n) is 20.0. The summed E-state index contributed by atoms with van der Waals surface area (Å²) in [5, 5.41) is 0.731. The number of oxazole rings is 1. The number of likely N-dealkylation sites (tertiary alicyclic amines) is 1. The standard InChI is InChI=1S/C25H35ClN4O3/c1-19-13-22(5-6-23(19)26)33-18-25(14-24(31)30-11-9-28(3)10-12-30)7-4-8-29(17-25)15-21-16-32-20(2)27-21/h5-6,13,16H,4,7-12,14-15,17-18H2,1-3H3/t25-/m0/s1. The minimum atomic E-state index is -0.245. The van der Waals surface area contributed by atoms with Crippen molar-refractivity contribution in [3.05, 3.63) is 46.6 Å². The number of aryl methyl sites for hydroxylation is 2. The van der Waals surface area contributed by atoms with E-state index in [4.69, 9.17) is 20.8 Å². The first-order chi connectivity index (χ1) is 15.8. The minimum absolute atomic E-state index is 0.234. The molecule has 0 bridgehead atoms. The molecule has 0 unspecified atom stereocenters. The number of hydrogen-bond acceptors (Lipinski definition) is 6. The molecular weight excluding hydrogens is 440 g/mol. The predicted molar refractivity (Wildman–Crippen MR) is 129 cm³/mol. The number of piperidine rings is 1. The Morgan fingerprint density at radius 1 is 1.21 bits per heavy atom. The van der Waals surface area contributed by atoms with Gasteiger partial charge < -0.3 is 19.0 Å². The molecule has 7 nitrogen and oxygen atoms in total. The highest BCUT2D eigenvalue weighted by Crippen LogP contribution is 2.36. The fraction of sp³-hybridized carbons (Fsp3) is 0.600. The van der Waals surface area contributed by atoms with Crippen molar-refractivity contribution in [2.75, 3.05) is 52.9 Å². The molecule has 4 rings (SSSR count). The lowest BCUT2D eigenvalue weighted by Gasteiger charge is -2.43. The van der Waals surface area contributed by atoms with E-state index in [1.807, 2.05) is 36.9 Å². The van der Waals surface area contributed by atoms with Crippen LogP contribution in [0.4, 0.5) is 0 Å². The van der Waals surface area contributed by atoms with Gasteiger partial charge >= 0.3 is 0 Å². The Balaban J connectivity index is 1.48. The molecule has 0 saturated carbocycles. The van der Waals surface area contributed by atoms with Crippen LogP contribution < -0.4 is 4.74 Å². The maximum Gasteiger partial charge on any atom is 0.223 e. The Hall–Kier alpha value is -2.09. The number of benzene rings is 1. The zero-order chi connectivity index (χ0) is 23.4. The van der Waals surface area contributed by atoms with Gasteiger partial charge in [0.25, 0.3) is 0 Å². The molecule has 2 aromatic rings. The van der Waals surface area contributed by atoms with E-state index in [1.54, 1.807) is 6.26 Å². The number of carbonyl (C=O) groups excluding carboxylic acids is 1. The quantitative estimate of drug-likeness (QED) is 0.608. The molecule has 2 aliphatic rings. The van der Waals surface area contributed by atoms with Crippen molar-refractivity contribution in [1.82, 2.24) is 19.7 Å². The second kappa shape index (κ2) is 10.5. The van der Waals surface area contributed by atoms with Crippen molar-refractivity contribution in [1.29, 1.82) is 0 Å². The van der Waals surface area contributed by atoms with E-state index >= 15 is 0 Å². The number of carbonyl (C=O) groups is 1. The summed E-state index contributed by atoms with van der Waals surface area (Å²) in [6.07, 6.45) is 4.22. The van der Waals surface area contributed by atoms with Gasteiger partial charge in [-0.3, -0.25) is 9.69 Å². The van der Waals surface area contributed by atoms with E-state index in [0.717, 1.165) is 80.7 Å². The normalized spacial score (nSPS) is 22.5. The maximum atomic E-state index is 13.3. The molecule has 0 radical (unpaired) electrons. The predicted octanol–water partition coefficient (Wildman–Crippen LogP) is 3.77. The second-order valence-electron chi connectivity index (χ2n) is 9.73. The molecule has 8 heteroatoms. The van der Waals surface area contributed by atoms with Crippen molar-refractivity contribution in [3.8, 4) is 5.75 Å². The molecule has 1 aromatic heterocycles. The molecule has 2 aliphatic heterocycles. The van der Waals surface area contributed by atoms with E-state index in [1.165, 1.54) is 0 Å². The summed E-state index contributed by atoms with van der Waals surface area (Å²) < 4.78 is 11.7. The van der Waals surface area contributed by atoms with Gasteiger partial charge in [0.1, 0.15) is 12.0 Å². The first-order valence-corrected chi connectivity index (χ1v) is 12.2. The van der Waals surface area contributed by atoms with E-state index in [0.29, 0.717) is 18.9 Å². The third-order valence-corrected chi connectivity index (χ3v) is 7.27. The maximum absolute atomic E-state index is 13.3. The third kappa shape index (κ3) is 6.28. The Morgan fingerprint density at radius 2 is 2.00 bits per heavy atom. The SMILES string of the molecule is Cc1nc(CN2CCC[C@](COc3ccc(Cl)c(C)c3)(CC(=O)N3CCN(C)CC3)C2)co1. The fourth-order valence-electron chi connectivity index (χ4n) is 4.90. The Kier molecular flexibility index (Phi) is 7.62. The van der Waals surface area contributed by atoms with Gasteiger partial charge in [0.05, 0.1) is 12.3 Å². The van der Waals surface area contributed by atoms with Gasteiger partial charge in [-0.1, -0.05) is 11.6 Å². The first kappa shape index (κ1) is 24.0. The van der Waals surface area contributed by atoms with Crippen LogP contribution in [0.3, 0.4) is 0 Å². The zero-order valence-corrected chi connectivity index (χ0v) is 20.7. The topological polar surface area (TPSA) is 62.1 Å². The fourth-order valence-corrected chi connectivity index (χ4v) is 5.02. The highest BCUT2D eigenvalue weighted by molar-refractivity contribution is 6.31. The summed E-state index contributed by atoms with van der Waals surface area (Å²) in [4.78, 5) is 24.5. The van der Waals surface area contributed by atoms with Crippen molar-refractivity contribution < 1.29 is 13.9 Å². The number of hydrogen-bond donors (Lipinski definition) is 0. The van der Waals surface area contributed by atoms with Crippen LogP contribution in [-0.2, 0) is 11.3 Å².